The molecule has 0 spiro atoms. The average molecular weight is 388 g/mol. The zero-order valence-electron chi connectivity index (χ0n) is 17.8. The number of ether oxygens (including phenoxy) is 3. The van der Waals surface area contributed by atoms with Gasteiger partial charge in [-0.3, -0.25) is 4.79 Å². The summed E-state index contributed by atoms with van der Waals surface area (Å²) >= 11 is 0. The van der Waals surface area contributed by atoms with Crippen LogP contribution >= 0.6 is 0 Å². The van der Waals surface area contributed by atoms with E-state index >= 15 is 0 Å². The summed E-state index contributed by atoms with van der Waals surface area (Å²) < 4.78 is 19.1. The highest BCUT2D eigenvalue weighted by Gasteiger charge is 2.19. The zero-order valence-corrected chi connectivity index (χ0v) is 17.8. The molecule has 0 aliphatic carbocycles. The molecule has 1 heterocycles. The van der Waals surface area contributed by atoms with Gasteiger partial charge in [0.05, 0.1) is 19.2 Å². The summed E-state index contributed by atoms with van der Waals surface area (Å²) in [7, 11) is 1.57. The van der Waals surface area contributed by atoms with E-state index in [4.69, 9.17) is 14.2 Å². The van der Waals surface area contributed by atoms with Crippen molar-refractivity contribution in [3.63, 3.8) is 0 Å². The van der Waals surface area contributed by atoms with E-state index in [-0.39, 0.29) is 11.3 Å². The molecule has 5 nitrogen and oxygen atoms in total. The third-order valence-electron chi connectivity index (χ3n) is 4.58. The predicted molar refractivity (Wildman–Crippen MR) is 115 cm³/mol. The maximum atomic E-state index is 13.2. The summed E-state index contributed by atoms with van der Waals surface area (Å²) in [5.41, 5.74) is 1.80. The van der Waals surface area contributed by atoms with Gasteiger partial charge in [0.25, 0.3) is 5.56 Å². The van der Waals surface area contributed by atoms with E-state index in [1.807, 2.05) is 38.1 Å². The highest BCUT2D eigenvalue weighted by molar-refractivity contribution is 5.89. The minimum Gasteiger partial charge on any atom is -0.494 e. The number of hydrogen-bond donors (Lipinski definition) is 0. The van der Waals surface area contributed by atoms with E-state index < -0.39 is 0 Å². The number of hydrogen-bond acceptors (Lipinski definition) is 4. The predicted octanol–water partition coefficient (Wildman–Crippen LogP) is 5.33. The minimum atomic E-state index is -0.161. The molecular formula is C23H33NO4. The normalized spacial score (nSPS) is 10.8. The van der Waals surface area contributed by atoms with E-state index in [0.29, 0.717) is 25.5 Å². The molecule has 0 fully saturated rings. The number of rotatable bonds is 11. The lowest BCUT2D eigenvalue weighted by Gasteiger charge is -2.18. The zero-order chi connectivity index (χ0) is 20.5. The number of benzene rings is 1. The topological polar surface area (TPSA) is 49.7 Å². The molecule has 1 aromatic carbocycles. The van der Waals surface area contributed by atoms with Crippen LogP contribution in [0.5, 0.6) is 17.2 Å². The number of fused-ring (bicyclic) bond motifs is 1. The van der Waals surface area contributed by atoms with Crippen LogP contribution in [0.25, 0.3) is 10.9 Å². The monoisotopic (exact) mass is 387 g/mol. The number of unbranched alkanes of at least 4 members (excludes halogenated alkanes) is 2. The van der Waals surface area contributed by atoms with Gasteiger partial charge >= 0.3 is 0 Å². The molecule has 0 aliphatic rings. The van der Waals surface area contributed by atoms with Crippen molar-refractivity contribution >= 4 is 10.9 Å². The van der Waals surface area contributed by atoms with Gasteiger partial charge in [-0.2, -0.15) is 0 Å². The highest BCUT2D eigenvalue weighted by Crippen LogP contribution is 2.34. The highest BCUT2D eigenvalue weighted by atomic mass is 16.5. The summed E-state index contributed by atoms with van der Waals surface area (Å²) in [6.07, 6.45) is 5.94. The lowest BCUT2D eigenvalue weighted by molar-refractivity contribution is 0.309. The number of nitrogens with zero attached hydrogens (tertiary/aromatic N) is 1. The Kier molecular flexibility index (Phi) is 8.42. The first kappa shape index (κ1) is 21.9. The molecule has 28 heavy (non-hydrogen) atoms. The maximum Gasteiger partial charge on any atom is 0.297 e. The third kappa shape index (κ3) is 5.31. The number of aromatic nitrogens is 1. The fourth-order valence-electron chi connectivity index (χ4n) is 2.96. The second-order valence-corrected chi connectivity index (χ2v) is 7.15. The fourth-order valence-corrected chi connectivity index (χ4v) is 2.96. The molecule has 2 aromatic rings. The number of aryl methyl sites for hydroxylation is 1. The summed E-state index contributed by atoms with van der Waals surface area (Å²) in [5.74, 6) is 1.52. The Labute approximate surface area is 167 Å². The maximum absolute atomic E-state index is 13.2. The lowest BCUT2D eigenvalue weighted by Crippen LogP contribution is -2.23. The smallest absolute Gasteiger partial charge is 0.297 e. The van der Waals surface area contributed by atoms with Gasteiger partial charge in [-0.1, -0.05) is 32.3 Å². The molecule has 0 N–H and O–H groups in total. The van der Waals surface area contributed by atoms with Crippen molar-refractivity contribution in [2.75, 3.05) is 20.3 Å². The largest absolute Gasteiger partial charge is 0.494 e. The summed E-state index contributed by atoms with van der Waals surface area (Å²) in [6.45, 7) is 9.89. The molecule has 0 radical (unpaired) electrons. The first-order chi connectivity index (χ1) is 13.5. The van der Waals surface area contributed by atoms with E-state index in [9.17, 15) is 4.79 Å². The number of allylic oxidation sites excluding steroid dienone is 1. The van der Waals surface area contributed by atoms with E-state index in [0.717, 1.165) is 47.9 Å². The Morgan fingerprint density at radius 2 is 1.82 bits per heavy atom. The quantitative estimate of drug-likeness (QED) is 0.386. The summed E-state index contributed by atoms with van der Waals surface area (Å²) in [5, 5.41) is 0.855. The van der Waals surface area contributed by atoms with Gasteiger partial charge < -0.3 is 18.8 Å². The molecule has 154 valence electrons. The molecule has 0 saturated heterocycles. The first-order valence-corrected chi connectivity index (χ1v) is 10.2. The van der Waals surface area contributed by atoms with E-state index in [1.165, 1.54) is 0 Å². The van der Waals surface area contributed by atoms with Crippen LogP contribution in [0.15, 0.2) is 34.6 Å². The van der Waals surface area contributed by atoms with Crippen molar-refractivity contribution in [3.05, 3.63) is 40.2 Å². The molecule has 0 amide bonds. The summed E-state index contributed by atoms with van der Waals surface area (Å²) in [6, 6.07) is 5.81. The Balaban J connectivity index is 2.57. The van der Waals surface area contributed by atoms with Crippen LogP contribution in [0.1, 0.15) is 53.4 Å². The van der Waals surface area contributed by atoms with Gasteiger partial charge in [-0.25, -0.2) is 0 Å². The Hall–Kier alpha value is -2.43. The number of methoxy groups -OCH3 is 1. The minimum absolute atomic E-state index is 0.161. The molecule has 1 aromatic heterocycles. The van der Waals surface area contributed by atoms with Crippen LogP contribution < -0.4 is 19.8 Å². The molecule has 0 unspecified atom stereocenters. The Morgan fingerprint density at radius 3 is 2.46 bits per heavy atom. The molecule has 0 bridgehead atoms. The van der Waals surface area contributed by atoms with Crippen molar-refractivity contribution in [2.45, 2.75) is 59.9 Å². The molecular weight excluding hydrogens is 354 g/mol. The van der Waals surface area contributed by atoms with Gasteiger partial charge in [0.15, 0.2) is 5.75 Å². The Morgan fingerprint density at radius 1 is 1.07 bits per heavy atom. The average Bonchev–Trinajstić information content (AvgIpc) is 2.68. The molecule has 0 aliphatic heterocycles. The Bertz CT molecular complexity index is 863. The van der Waals surface area contributed by atoms with Gasteiger partial charge in [-0.05, 0) is 44.9 Å². The van der Waals surface area contributed by atoms with Crippen molar-refractivity contribution < 1.29 is 14.2 Å². The second kappa shape index (κ2) is 10.8. The SMILES string of the molecule is CCCCOc1ccc2c(OC)c(OCC=C(C)C)c(=O)n(CCCC)c2c1. The molecule has 5 heteroatoms. The second-order valence-electron chi connectivity index (χ2n) is 7.15. The van der Waals surface area contributed by atoms with Crippen LogP contribution in [0.4, 0.5) is 0 Å². The van der Waals surface area contributed by atoms with Gasteiger partial charge in [0.1, 0.15) is 12.4 Å². The van der Waals surface area contributed by atoms with Crippen molar-refractivity contribution in [2.24, 2.45) is 0 Å². The van der Waals surface area contributed by atoms with Crippen LogP contribution in [0, 0.1) is 0 Å². The van der Waals surface area contributed by atoms with E-state index in [1.54, 1.807) is 11.7 Å². The lowest BCUT2D eigenvalue weighted by atomic mass is 10.1. The van der Waals surface area contributed by atoms with Crippen LogP contribution in [0.3, 0.4) is 0 Å². The molecule has 0 atom stereocenters. The first-order valence-electron chi connectivity index (χ1n) is 10.2. The summed E-state index contributed by atoms with van der Waals surface area (Å²) in [4.78, 5) is 13.2. The van der Waals surface area contributed by atoms with Gasteiger partial charge in [0, 0.05) is 18.0 Å². The van der Waals surface area contributed by atoms with Crippen LogP contribution in [-0.2, 0) is 6.54 Å². The molecule has 0 saturated carbocycles. The van der Waals surface area contributed by atoms with Crippen molar-refractivity contribution in [1.82, 2.24) is 4.57 Å². The number of pyridine rings is 1. The van der Waals surface area contributed by atoms with E-state index in [2.05, 4.69) is 13.8 Å². The van der Waals surface area contributed by atoms with Crippen LogP contribution in [-0.4, -0.2) is 24.9 Å². The van der Waals surface area contributed by atoms with Gasteiger partial charge in [-0.15, -0.1) is 0 Å². The third-order valence-corrected chi connectivity index (χ3v) is 4.58. The van der Waals surface area contributed by atoms with Crippen molar-refractivity contribution in [1.29, 1.82) is 0 Å². The molecule has 2 rings (SSSR count). The van der Waals surface area contributed by atoms with Crippen molar-refractivity contribution in [3.8, 4) is 17.2 Å². The fraction of sp³-hybridized carbons (Fsp3) is 0.522. The van der Waals surface area contributed by atoms with Crippen LogP contribution in [0.2, 0.25) is 0 Å². The van der Waals surface area contributed by atoms with Gasteiger partial charge in [0.2, 0.25) is 5.75 Å². The standard InChI is InChI=1S/C23H33NO4/c1-6-8-13-24-20-16-18(27-14-9-7-2)10-11-19(20)21(26-5)22(23(24)25)28-15-12-17(3)4/h10-12,16H,6-9,13-15H2,1-5H3.